The lowest BCUT2D eigenvalue weighted by Crippen LogP contribution is -2.48. The molecule has 2 aliphatic rings. The fourth-order valence-corrected chi connectivity index (χ4v) is 3.37. The van der Waals surface area contributed by atoms with Crippen LogP contribution >= 0.6 is 0 Å². The molecule has 0 aromatic heterocycles. The van der Waals surface area contributed by atoms with E-state index < -0.39 is 11.6 Å². The van der Waals surface area contributed by atoms with Crippen LogP contribution in [-0.4, -0.2) is 55.1 Å². The molecule has 0 atom stereocenters. The molecule has 2 saturated heterocycles. The monoisotopic (exact) mass is 338 g/mol. The number of carbonyl (C=O) groups is 1. The predicted molar refractivity (Wildman–Crippen MR) is 86.4 cm³/mol. The van der Waals surface area contributed by atoms with E-state index in [0.717, 1.165) is 45.2 Å². The molecule has 0 N–H and O–H groups in total. The van der Waals surface area contributed by atoms with Gasteiger partial charge in [-0.2, -0.15) is 0 Å². The number of piperazine rings is 1. The molecule has 0 aliphatic carbocycles. The van der Waals surface area contributed by atoms with E-state index >= 15 is 0 Å². The zero-order chi connectivity index (χ0) is 16.9. The van der Waals surface area contributed by atoms with Crippen LogP contribution < -0.4 is 0 Å². The van der Waals surface area contributed by atoms with Gasteiger partial charge < -0.3 is 9.64 Å². The summed E-state index contributed by atoms with van der Waals surface area (Å²) in [5.74, 6) is -0.403. The molecule has 0 saturated carbocycles. The summed E-state index contributed by atoms with van der Waals surface area (Å²) in [7, 11) is 0. The molecular weight excluding hydrogens is 314 g/mol. The highest BCUT2D eigenvalue weighted by atomic mass is 19.1. The van der Waals surface area contributed by atoms with E-state index in [1.165, 1.54) is 12.1 Å². The van der Waals surface area contributed by atoms with Gasteiger partial charge in [-0.25, -0.2) is 8.78 Å². The van der Waals surface area contributed by atoms with Crippen LogP contribution in [-0.2, 0) is 16.1 Å². The quantitative estimate of drug-likeness (QED) is 0.845. The topological polar surface area (TPSA) is 32.8 Å². The number of benzene rings is 1. The predicted octanol–water partition coefficient (Wildman–Crippen LogP) is 2.43. The molecule has 0 radical (unpaired) electrons. The minimum atomic E-state index is -0.556. The number of ether oxygens (including phenoxy) is 1. The van der Waals surface area contributed by atoms with E-state index in [1.54, 1.807) is 0 Å². The SMILES string of the molecule is O=C(CC1CCOCC1)N1CCN(Cc2ccc(F)cc2F)CC1. The van der Waals surface area contributed by atoms with Gasteiger partial charge in [0.1, 0.15) is 11.6 Å². The van der Waals surface area contributed by atoms with Crippen LogP contribution in [0.3, 0.4) is 0 Å². The van der Waals surface area contributed by atoms with Crippen molar-refractivity contribution in [1.29, 1.82) is 0 Å². The number of nitrogens with zero attached hydrogens (tertiary/aromatic N) is 2. The molecule has 3 rings (SSSR count). The third-order valence-corrected chi connectivity index (χ3v) is 4.94. The van der Waals surface area contributed by atoms with Gasteiger partial charge in [-0.15, -0.1) is 0 Å². The van der Waals surface area contributed by atoms with Gasteiger partial charge in [0.05, 0.1) is 0 Å². The summed E-state index contributed by atoms with van der Waals surface area (Å²) >= 11 is 0. The van der Waals surface area contributed by atoms with E-state index in [1.807, 2.05) is 4.90 Å². The largest absolute Gasteiger partial charge is 0.381 e. The Morgan fingerprint density at radius 2 is 1.83 bits per heavy atom. The molecular formula is C18H24F2N2O2. The second-order valence-electron chi connectivity index (χ2n) is 6.65. The van der Waals surface area contributed by atoms with Crippen molar-refractivity contribution in [3.63, 3.8) is 0 Å². The van der Waals surface area contributed by atoms with E-state index in [-0.39, 0.29) is 5.91 Å². The molecule has 1 aromatic rings. The van der Waals surface area contributed by atoms with Crippen LogP contribution in [0.15, 0.2) is 18.2 Å². The summed E-state index contributed by atoms with van der Waals surface area (Å²) in [4.78, 5) is 16.4. The summed E-state index contributed by atoms with van der Waals surface area (Å²) in [6.07, 6.45) is 2.54. The minimum Gasteiger partial charge on any atom is -0.381 e. The smallest absolute Gasteiger partial charge is 0.222 e. The van der Waals surface area contributed by atoms with E-state index in [4.69, 9.17) is 4.74 Å². The number of hydrogen-bond donors (Lipinski definition) is 0. The maximum absolute atomic E-state index is 13.7. The summed E-state index contributed by atoms with van der Waals surface area (Å²) in [5, 5.41) is 0. The number of carbonyl (C=O) groups excluding carboxylic acids is 1. The molecule has 0 unspecified atom stereocenters. The number of halogens is 2. The molecule has 24 heavy (non-hydrogen) atoms. The molecule has 1 amide bonds. The maximum Gasteiger partial charge on any atom is 0.222 e. The highest BCUT2D eigenvalue weighted by molar-refractivity contribution is 5.76. The zero-order valence-electron chi connectivity index (χ0n) is 13.8. The highest BCUT2D eigenvalue weighted by Crippen LogP contribution is 2.20. The molecule has 2 aliphatic heterocycles. The first-order chi connectivity index (χ1) is 11.6. The van der Waals surface area contributed by atoms with Gasteiger partial charge in [0.15, 0.2) is 0 Å². The third-order valence-electron chi connectivity index (χ3n) is 4.94. The Morgan fingerprint density at radius 3 is 2.50 bits per heavy atom. The van der Waals surface area contributed by atoms with Crippen molar-refractivity contribution in [2.24, 2.45) is 5.92 Å². The van der Waals surface area contributed by atoms with Gasteiger partial charge in [-0.3, -0.25) is 9.69 Å². The lowest BCUT2D eigenvalue weighted by atomic mass is 9.96. The third kappa shape index (κ3) is 4.51. The normalized spacial score (nSPS) is 20.3. The summed E-state index contributed by atoms with van der Waals surface area (Å²) in [5.41, 5.74) is 0.499. The van der Waals surface area contributed by atoms with Gasteiger partial charge in [-0.1, -0.05) is 6.07 Å². The molecule has 1 aromatic carbocycles. The molecule has 132 valence electrons. The van der Waals surface area contributed by atoms with Crippen molar-refractivity contribution in [3.05, 3.63) is 35.4 Å². The Labute approximate surface area is 141 Å². The van der Waals surface area contributed by atoms with Crippen molar-refractivity contribution in [3.8, 4) is 0 Å². The van der Waals surface area contributed by atoms with Gasteiger partial charge in [0.2, 0.25) is 5.91 Å². The highest BCUT2D eigenvalue weighted by Gasteiger charge is 2.25. The van der Waals surface area contributed by atoms with Crippen LogP contribution in [0.1, 0.15) is 24.8 Å². The van der Waals surface area contributed by atoms with Gasteiger partial charge in [-0.05, 0) is 24.8 Å². The maximum atomic E-state index is 13.7. The Morgan fingerprint density at radius 1 is 1.12 bits per heavy atom. The Balaban J connectivity index is 1.45. The van der Waals surface area contributed by atoms with Crippen LogP contribution in [0.4, 0.5) is 8.78 Å². The van der Waals surface area contributed by atoms with E-state index in [2.05, 4.69) is 4.90 Å². The first-order valence-corrected chi connectivity index (χ1v) is 8.63. The van der Waals surface area contributed by atoms with E-state index in [9.17, 15) is 13.6 Å². The first kappa shape index (κ1) is 17.3. The summed E-state index contributed by atoms with van der Waals surface area (Å²) < 4.78 is 32.0. The zero-order valence-corrected chi connectivity index (χ0v) is 13.8. The Bertz CT molecular complexity index is 568. The fourth-order valence-electron chi connectivity index (χ4n) is 3.37. The molecule has 4 nitrogen and oxygen atoms in total. The Kier molecular flexibility index (Phi) is 5.79. The van der Waals surface area contributed by atoms with Crippen LogP contribution in [0.25, 0.3) is 0 Å². The second-order valence-corrected chi connectivity index (χ2v) is 6.65. The van der Waals surface area contributed by atoms with E-state index in [0.29, 0.717) is 37.5 Å². The molecule has 2 heterocycles. The number of rotatable bonds is 4. The lowest BCUT2D eigenvalue weighted by molar-refractivity contribution is -0.134. The van der Waals surface area contributed by atoms with Crippen molar-refractivity contribution in [2.45, 2.75) is 25.8 Å². The molecule has 6 heteroatoms. The molecule has 0 spiro atoms. The Hall–Kier alpha value is -1.53. The van der Waals surface area contributed by atoms with Crippen LogP contribution in [0.2, 0.25) is 0 Å². The lowest BCUT2D eigenvalue weighted by Gasteiger charge is -2.35. The minimum absolute atomic E-state index is 0.217. The van der Waals surface area contributed by atoms with Crippen LogP contribution in [0, 0.1) is 17.6 Å². The van der Waals surface area contributed by atoms with Gasteiger partial charge >= 0.3 is 0 Å². The number of hydrogen-bond acceptors (Lipinski definition) is 3. The van der Waals surface area contributed by atoms with Gasteiger partial charge in [0, 0.05) is 64.0 Å². The summed E-state index contributed by atoms with van der Waals surface area (Å²) in [6, 6.07) is 3.70. The van der Waals surface area contributed by atoms with Crippen molar-refractivity contribution in [1.82, 2.24) is 9.80 Å². The first-order valence-electron chi connectivity index (χ1n) is 8.63. The second kappa shape index (κ2) is 8.03. The average molecular weight is 338 g/mol. The van der Waals surface area contributed by atoms with Crippen LogP contribution in [0.5, 0.6) is 0 Å². The summed E-state index contributed by atoms with van der Waals surface area (Å²) in [6.45, 7) is 4.75. The van der Waals surface area contributed by atoms with Crippen molar-refractivity contribution >= 4 is 5.91 Å². The van der Waals surface area contributed by atoms with Crippen molar-refractivity contribution in [2.75, 3.05) is 39.4 Å². The van der Waals surface area contributed by atoms with Crippen molar-refractivity contribution < 1.29 is 18.3 Å². The van der Waals surface area contributed by atoms with Gasteiger partial charge in [0.25, 0.3) is 0 Å². The number of amides is 1. The average Bonchev–Trinajstić information content (AvgIpc) is 2.59. The molecule has 0 bridgehead atoms. The molecule has 2 fully saturated rings. The standard InChI is InChI=1S/C18H24F2N2O2/c19-16-2-1-15(17(20)12-16)13-21-5-7-22(8-6-21)18(23)11-14-3-9-24-10-4-14/h1-2,12,14H,3-11,13H2. The fraction of sp³-hybridized carbons (Fsp3) is 0.611.